The standard InChI is InChI=1S/C72H46N2O2Si/c1-2-20-50(21-3-1)74-64-29-12-15-32-71(64)77(53-38-40-62-60-26-10-13-30-67(60)75-69(62)45-53,54-39-41-63-61-27-11-14-31-68(61)76-70(63)46-54)72-42-37-52(44-66(72)74)73(65-43-49-18-5-7-23-57(49)58-24-8-9-25-59(58)65)51-35-33-48(34-36-51)56-28-16-19-47-17-4-6-22-55(47)56/h1-46H. The van der Waals surface area contributed by atoms with E-state index in [1.165, 1.54) is 64.2 Å². The van der Waals surface area contributed by atoms with Crippen LogP contribution in [-0.2, 0) is 0 Å². The molecule has 0 spiro atoms. The Labute approximate surface area is 445 Å². The number of nitrogens with zero attached hydrogens (tertiary/aromatic N) is 2. The lowest BCUT2D eigenvalue weighted by atomic mass is 9.97. The molecule has 16 rings (SSSR count). The first-order valence-corrected chi connectivity index (χ1v) is 28.4. The Morgan fingerprint density at radius 2 is 0.844 bits per heavy atom. The Balaban J connectivity index is 0.998. The molecule has 1 aliphatic heterocycles. The fraction of sp³-hybridized carbons (Fsp3) is 0. The minimum absolute atomic E-state index is 0.878. The van der Waals surface area contributed by atoms with Crippen LogP contribution in [0.25, 0.3) is 87.3 Å². The number of rotatable bonds is 7. The molecule has 360 valence electrons. The Kier molecular flexibility index (Phi) is 9.62. The third kappa shape index (κ3) is 6.57. The van der Waals surface area contributed by atoms with E-state index in [0.717, 1.165) is 78.0 Å². The van der Waals surface area contributed by atoms with Gasteiger partial charge in [0.05, 0.1) is 5.69 Å². The summed E-state index contributed by atoms with van der Waals surface area (Å²) >= 11 is 0. The fourth-order valence-corrected chi connectivity index (χ4v) is 18.0. The first-order valence-electron chi connectivity index (χ1n) is 26.4. The lowest BCUT2D eigenvalue weighted by Crippen LogP contribution is -2.77. The number of benzene rings is 13. The molecule has 0 radical (unpaired) electrons. The van der Waals surface area contributed by atoms with E-state index in [9.17, 15) is 0 Å². The Bertz CT molecular complexity index is 4730. The molecule has 0 saturated heterocycles. The smallest absolute Gasteiger partial charge is 0.184 e. The Morgan fingerprint density at radius 1 is 0.312 bits per heavy atom. The van der Waals surface area contributed by atoms with Crippen LogP contribution in [0.1, 0.15) is 0 Å². The second kappa shape index (κ2) is 17.0. The summed E-state index contributed by atoms with van der Waals surface area (Å²) in [5.41, 5.74) is 12.5. The molecular formula is C72H46N2O2Si. The molecule has 5 heteroatoms. The second-order valence-corrected chi connectivity index (χ2v) is 24.1. The third-order valence-corrected chi connectivity index (χ3v) is 21.1. The normalized spacial score (nSPS) is 13.0. The maximum Gasteiger partial charge on any atom is 0.184 e. The van der Waals surface area contributed by atoms with Crippen LogP contribution in [-0.4, -0.2) is 8.07 Å². The molecule has 1 aliphatic rings. The Morgan fingerprint density at radius 3 is 1.56 bits per heavy atom. The molecule has 0 unspecified atom stereocenters. The highest BCUT2D eigenvalue weighted by Gasteiger charge is 2.50. The van der Waals surface area contributed by atoms with Gasteiger partial charge in [-0.2, -0.15) is 0 Å². The summed E-state index contributed by atoms with van der Waals surface area (Å²) in [6.45, 7) is 0. The van der Waals surface area contributed by atoms with Gasteiger partial charge in [0.15, 0.2) is 8.07 Å². The first kappa shape index (κ1) is 43.5. The molecule has 77 heavy (non-hydrogen) atoms. The van der Waals surface area contributed by atoms with Crippen LogP contribution in [0.15, 0.2) is 288 Å². The average molecular weight is 999 g/mol. The molecule has 0 amide bonds. The molecule has 13 aromatic carbocycles. The van der Waals surface area contributed by atoms with Crippen LogP contribution in [0.5, 0.6) is 0 Å². The topological polar surface area (TPSA) is 32.8 Å². The number of fused-ring (bicyclic) bond motifs is 12. The molecule has 0 bridgehead atoms. The molecule has 3 heterocycles. The van der Waals surface area contributed by atoms with Crippen molar-refractivity contribution >= 4 is 139 Å². The number of anilines is 6. The van der Waals surface area contributed by atoms with Gasteiger partial charge < -0.3 is 18.6 Å². The Hall–Kier alpha value is -9.94. The van der Waals surface area contributed by atoms with Crippen molar-refractivity contribution in [3.63, 3.8) is 0 Å². The van der Waals surface area contributed by atoms with Crippen LogP contribution < -0.4 is 30.5 Å². The number of hydrogen-bond acceptors (Lipinski definition) is 4. The molecule has 0 aliphatic carbocycles. The summed E-state index contributed by atoms with van der Waals surface area (Å²) in [4.78, 5) is 4.98. The van der Waals surface area contributed by atoms with Gasteiger partial charge in [0.25, 0.3) is 0 Å². The molecule has 15 aromatic rings. The van der Waals surface area contributed by atoms with E-state index >= 15 is 0 Å². The molecular weight excluding hydrogens is 953 g/mol. The highest BCUT2D eigenvalue weighted by Crippen LogP contribution is 2.47. The second-order valence-electron chi connectivity index (χ2n) is 20.3. The molecule has 0 fully saturated rings. The quantitative estimate of drug-likeness (QED) is 0.118. The van der Waals surface area contributed by atoms with Crippen molar-refractivity contribution in [1.29, 1.82) is 0 Å². The summed E-state index contributed by atoms with van der Waals surface area (Å²) in [7, 11) is -3.33. The van der Waals surface area contributed by atoms with Crippen molar-refractivity contribution in [1.82, 2.24) is 0 Å². The first-order chi connectivity index (χ1) is 38.2. The maximum atomic E-state index is 6.80. The predicted octanol–water partition coefficient (Wildman–Crippen LogP) is 17.2. The van der Waals surface area contributed by atoms with Crippen molar-refractivity contribution in [3.8, 4) is 11.1 Å². The summed E-state index contributed by atoms with van der Waals surface area (Å²) in [5, 5.41) is 16.7. The van der Waals surface area contributed by atoms with Gasteiger partial charge in [0, 0.05) is 55.4 Å². The monoisotopic (exact) mass is 998 g/mol. The van der Waals surface area contributed by atoms with Crippen LogP contribution in [0.3, 0.4) is 0 Å². The molecule has 2 aromatic heterocycles. The van der Waals surface area contributed by atoms with Crippen LogP contribution in [0.2, 0.25) is 0 Å². The van der Waals surface area contributed by atoms with Gasteiger partial charge in [-0.25, -0.2) is 0 Å². The predicted molar refractivity (Wildman–Crippen MR) is 325 cm³/mol. The molecule has 0 atom stereocenters. The van der Waals surface area contributed by atoms with Gasteiger partial charge in [-0.1, -0.05) is 206 Å². The molecule has 4 nitrogen and oxygen atoms in total. The van der Waals surface area contributed by atoms with E-state index in [1.54, 1.807) is 0 Å². The van der Waals surface area contributed by atoms with Crippen molar-refractivity contribution in [2.24, 2.45) is 0 Å². The average Bonchev–Trinajstić information content (AvgIpc) is 4.22. The zero-order valence-corrected chi connectivity index (χ0v) is 42.8. The lowest BCUT2D eigenvalue weighted by molar-refractivity contribution is 0.669. The van der Waals surface area contributed by atoms with Crippen molar-refractivity contribution in [3.05, 3.63) is 279 Å². The van der Waals surface area contributed by atoms with Gasteiger partial charge in [0.1, 0.15) is 22.3 Å². The lowest BCUT2D eigenvalue weighted by Gasteiger charge is -2.45. The van der Waals surface area contributed by atoms with E-state index < -0.39 is 8.07 Å². The van der Waals surface area contributed by atoms with E-state index in [0.29, 0.717) is 0 Å². The minimum Gasteiger partial charge on any atom is -0.456 e. The van der Waals surface area contributed by atoms with Crippen LogP contribution >= 0.6 is 0 Å². The van der Waals surface area contributed by atoms with Gasteiger partial charge in [-0.3, -0.25) is 0 Å². The van der Waals surface area contributed by atoms with Crippen molar-refractivity contribution in [2.75, 3.05) is 9.80 Å². The molecule has 0 saturated carbocycles. The van der Waals surface area contributed by atoms with Crippen LogP contribution in [0, 0.1) is 0 Å². The zero-order chi connectivity index (χ0) is 50.6. The summed E-state index contributed by atoms with van der Waals surface area (Å²) in [5.74, 6) is 0. The number of hydrogen-bond donors (Lipinski definition) is 0. The highest BCUT2D eigenvalue weighted by molar-refractivity contribution is 7.21. The highest BCUT2D eigenvalue weighted by atomic mass is 28.3. The van der Waals surface area contributed by atoms with E-state index in [-0.39, 0.29) is 0 Å². The zero-order valence-electron chi connectivity index (χ0n) is 41.8. The summed E-state index contributed by atoms with van der Waals surface area (Å²) < 4.78 is 13.6. The van der Waals surface area contributed by atoms with Crippen LogP contribution in [0.4, 0.5) is 34.1 Å². The number of furan rings is 2. The fourth-order valence-electron chi connectivity index (χ4n) is 12.9. The minimum atomic E-state index is -3.33. The third-order valence-electron chi connectivity index (χ3n) is 16.3. The van der Waals surface area contributed by atoms with Gasteiger partial charge >= 0.3 is 0 Å². The van der Waals surface area contributed by atoms with Crippen molar-refractivity contribution in [2.45, 2.75) is 0 Å². The number of para-hydroxylation sites is 4. The SMILES string of the molecule is c1ccc(N2c3ccccc3[Si](c3ccc4c(c3)oc3ccccc34)(c3ccc4c(c3)oc3ccccc34)c3ccc(N(c4ccc(-c5cccc6ccccc56)cc4)c4cc5ccccc5c5ccccc45)cc32)cc1. The molecule has 0 N–H and O–H groups in total. The maximum absolute atomic E-state index is 6.80. The summed E-state index contributed by atoms with van der Waals surface area (Å²) in [6.07, 6.45) is 0. The van der Waals surface area contributed by atoms with E-state index in [2.05, 4.69) is 289 Å². The van der Waals surface area contributed by atoms with Gasteiger partial charge in [0.2, 0.25) is 0 Å². The summed E-state index contributed by atoms with van der Waals surface area (Å²) in [6, 6.07) is 103. The van der Waals surface area contributed by atoms with E-state index in [4.69, 9.17) is 8.83 Å². The van der Waals surface area contributed by atoms with Gasteiger partial charge in [-0.05, 0) is 132 Å². The van der Waals surface area contributed by atoms with E-state index in [1.807, 2.05) is 0 Å². The van der Waals surface area contributed by atoms with Crippen molar-refractivity contribution < 1.29 is 8.83 Å². The largest absolute Gasteiger partial charge is 0.456 e. The van der Waals surface area contributed by atoms with Gasteiger partial charge in [-0.15, -0.1) is 0 Å².